The van der Waals surface area contributed by atoms with E-state index in [1.165, 1.54) is 16.7 Å². The molecule has 0 aliphatic carbocycles. The van der Waals surface area contributed by atoms with Gasteiger partial charge in [0.05, 0.1) is 4.91 Å². The van der Waals surface area contributed by atoms with Crippen LogP contribution in [-0.4, -0.2) is 36.3 Å². The Balaban J connectivity index is 2.26. The molecule has 1 aliphatic heterocycles. The molecule has 0 radical (unpaired) electrons. The largest absolute Gasteiger partial charge is 0.290 e. The fourth-order valence-electron chi connectivity index (χ4n) is 1.60. The molecule has 0 spiro atoms. The lowest BCUT2D eigenvalue weighted by molar-refractivity contribution is -0.121. The van der Waals surface area contributed by atoms with E-state index in [1.807, 2.05) is 24.5 Å². The van der Waals surface area contributed by atoms with Gasteiger partial charge < -0.3 is 0 Å². The van der Waals surface area contributed by atoms with Crippen molar-refractivity contribution in [3.8, 4) is 0 Å². The molecule has 0 saturated carbocycles. The smallest absolute Gasteiger partial charge is 0.266 e. The van der Waals surface area contributed by atoms with Crippen LogP contribution >= 0.6 is 23.5 Å². The number of benzene rings is 1. The number of amidine groups is 1. The van der Waals surface area contributed by atoms with E-state index in [0.29, 0.717) is 0 Å². The summed E-state index contributed by atoms with van der Waals surface area (Å²) in [5.41, 5.74) is 1.04. The zero-order valence-corrected chi connectivity index (χ0v) is 12.1. The Morgan fingerprint density at radius 3 is 2.50 bits per heavy atom. The van der Waals surface area contributed by atoms with Crippen molar-refractivity contribution in [3.05, 3.63) is 34.7 Å². The Morgan fingerprint density at radius 2 is 2.00 bits per heavy atom. The molecular weight excluding hydrogens is 264 g/mol. The summed E-state index contributed by atoms with van der Waals surface area (Å²) in [6.45, 7) is 0. The quantitative estimate of drug-likeness (QED) is 0.616. The topological polar surface area (TPSA) is 32.7 Å². The third-order valence-electron chi connectivity index (χ3n) is 2.61. The molecule has 1 aromatic rings. The number of nitrogens with zero attached hydrogens (tertiary/aromatic N) is 2. The first kappa shape index (κ1) is 13.2. The average Bonchev–Trinajstić information content (AvgIpc) is 2.67. The van der Waals surface area contributed by atoms with Gasteiger partial charge in [0.1, 0.15) is 0 Å². The summed E-state index contributed by atoms with van der Waals surface area (Å²) < 4.78 is 0. The lowest BCUT2D eigenvalue weighted by Crippen LogP contribution is -2.23. The Bertz CT molecular complexity index is 520. The van der Waals surface area contributed by atoms with Gasteiger partial charge in [0.25, 0.3) is 5.91 Å². The van der Waals surface area contributed by atoms with Crippen LogP contribution in [0.25, 0.3) is 6.08 Å². The van der Waals surface area contributed by atoms with E-state index in [2.05, 4.69) is 17.1 Å². The zero-order valence-electron chi connectivity index (χ0n) is 10.5. The second kappa shape index (κ2) is 5.63. The van der Waals surface area contributed by atoms with Crippen LogP contribution in [-0.2, 0) is 4.79 Å². The van der Waals surface area contributed by atoms with Crippen LogP contribution in [0, 0.1) is 0 Å². The number of rotatable bonds is 2. The van der Waals surface area contributed by atoms with Gasteiger partial charge in [-0.3, -0.25) is 14.7 Å². The highest BCUT2D eigenvalue weighted by Crippen LogP contribution is 2.31. The SMILES string of the molecule is CN=C1S/C(=C\c2ccc(SC)cc2)C(=O)N1C. The summed E-state index contributed by atoms with van der Waals surface area (Å²) in [4.78, 5) is 19.5. The third kappa shape index (κ3) is 2.62. The molecule has 0 atom stereocenters. The summed E-state index contributed by atoms with van der Waals surface area (Å²) in [5.74, 6) is 0.00884. The van der Waals surface area contributed by atoms with Crippen molar-refractivity contribution in [1.29, 1.82) is 0 Å². The normalized spacial score (nSPS) is 20.2. The maximum atomic E-state index is 12.0. The predicted molar refractivity (Wildman–Crippen MR) is 79.9 cm³/mol. The molecule has 0 aromatic heterocycles. The summed E-state index contributed by atoms with van der Waals surface area (Å²) in [7, 11) is 3.44. The van der Waals surface area contributed by atoms with E-state index < -0.39 is 0 Å². The van der Waals surface area contributed by atoms with Crippen molar-refractivity contribution in [1.82, 2.24) is 4.90 Å². The molecule has 2 rings (SSSR count). The minimum Gasteiger partial charge on any atom is -0.290 e. The number of carbonyl (C=O) groups is 1. The van der Waals surface area contributed by atoms with Crippen molar-refractivity contribution in [2.45, 2.75) is 4.90 Å². The lowest BCUT2D eigenvalue weighted by atomic mass is 10.2. The number of carbonyl (C=O) groups excluding carboxylic acids is 1. The Morgan fingerprint density at radius 1 is 1.33 bits per heavy atom. The molecule has 0 unspecified atom stereocenters. The zero-order chi connectivity index (χ0) is 13.1. The van der Waals surface area contributed by atoms with Gasteiger partial charge in [-0.1, -0.05) is 12.1 Å². The van der Waals surface area contributed by atoms with Gasteiger partial charge in [0.2, 0.25) is 0 Å². The molecular formula is C13H14N2OS2. The van der Waals surface area contributed by atoms with E-state index in [1.54, 1.807) is 30.8 Å². The highest BCUT2D eigenvalue weighted by Gasteiger charge is 2.29. The van der Waals surface area contributed by atoms with Crippen molar-refractivity contribution in [2.75, 3.05) is 20.4 Å². The summed E-state index contributed by atoms with van der Waals surface area (Å²) in [6, 6.07) is 8.15. The monoisotopic (exact) mass is 278 g/mol. The molecule has 1 amide bonds. The lowest BCUT2D eigenvalue weighted by Gasteiger charge is -2.05. The first-order valence-electron chi connectivity index (χ1n) is 5.44. The highest BCUT2D eigenvalue weighted by atomic mass is 32.2. The first-order chi connectivity index (χ1) is 8.65. The van der Waals surface area contributed by atoms with E-state index in [4.69, 9.17) is 0 Å². The summed E-state index contributed by atoms with van der Waals surface area (Å²) >= 11 is 3.12. The fraction of sp³-hybridized carbons (Fsp3) is 0.231. The second-order valence-corrected chi connectivity index (χ2v) is 5.64. The van der Waals surface area contributed by atoms with Crippen LogP contribution in [0.4, 0.5) is 0 Å². The second-order valence-electron chi connectivity index (χ2n) is 3.75. The van der Waals surface area contributed by atoms with Crippen molar-refractivity contribution < 1.29 is 4.79 Å². The van der Waals surface area contributed by atoms with E-state index in [-0.39, 0.29) is 5.91 Å². The summed E-state index contributed by atoms with van der Waals surface area (Å²) in [5, 5.41) is 0.743. The van der Waals surface area contributed by atoms with Crippen LogP contribution in [0.1, 0.15) is 5.56 Å². The summed E-state index contributed by atoms with van der Waals surface area (Å²) in [6.07, 6.45) is 3.95. The van der Waals surface area contributed by atoms with Crippen molar-refractivity contribution in [2.24, 2.45) is 4.99 Å². The van der Waals surface area contributed by atoms with Gasteiger partial charge in [-0.15, -0.1) is 11.8 Å². The van der Waals surface area contributed by atoms with Crippen LogP contribution in [0.5, 0.6) is 0 Å². The van der Waals surface area contributed by atoms with Crippen LogP contribution in [0.3, 0.4) is 0 Å². The van der Waals surface area contributed by atoms with Crippen LogP contribution < -0.4 is 0 Å². The number of thioether (sulfide) groups is 2. The van der Waals surface area contributed by atoms with Gasteiger partial charge in [-0.2, -0.15) is 0 Å². The molecule has 1 fully saturated rings. The molecule has 1 saturated heterocycles. The van der Waals surface area contributed by atoms with E-state index in [0.717, 1.165) is 15.6 Å². The highest BCUT2D eigenvalue weighted by molar-refractivity contribution is 8.18. The maximum Gasteiger partial charge on any atom is 0.266 e. The van der Waals surface area contributed by atoms with Gasteiger partial charge >= 0.3 is 0 Å². The third-order valence-corrected chi connectivity index (χ3v) is 4.50. The molecule has 3 nitrogen and oxygen atoms in total. The maximum absolute atomic E-state index is 12.0. The molecule has 5 heteroatoms. The number of hydrogen-bond acceptors (Lipinski definition) is 4. The molecule has 94 valence electrons. The Hall–Kier alpha value is -1.20. The Kier molecular flexibility index (Phi) is 4.14. The predicted octanol–water partition coefficient (Wildman–Crippen LogP) is 2.94. The standard InChI is InChI=1S/C13H14N2OS2/c1-14-13-15(2)12(16)11(18-13)8-9-4-6-10(17-3)7-5-9/h4-8H,1-3H3/b11-8-,14-13?. The first-order valence-corrected chi connectivity index (χ1v) is 7.48. The molecule has 1 heterocycles. The van der Waals surface area contributed by atoms with E-state index in [9.17, 15) is 4.79 Å². The van der Waals surface area contributed by atoms with Gasteiger partial charge in [0, 0.05) is 19.0 Å². The fourth-order valence-corrected chi connectivity index (χ4v) is 2.94. The number of hydrogen-bond donors (Lipinski definition) is 0. The number of aliphatic imine (C=N–C) groups is 1. The molecule has 1 aliphatic rings. The van der Waals surface area contributed by atoms with Crippen molar-refractivity contribution in [3.63, 3.8) is 0 Å². The van der Waals surface area contributed by atoms with Crippen molar-refractivity contribution >= 4 is 40.7 Å². The average molecular weight is 278 g/mol. The number of likely N-dealkylation sites (N-methyl/N-ethyl adjacent to an activating group) is 1. The molecule has 0 bridgehead atoms. The van der Waals surface area contributed by atoms with E-state index >= 15 is 0 Å². The Labute approximate surface area is 115 Å². The minimum atomic E-state index is 0.00884. The van der Waals surface area contributed by atoms with Gasteiger partial charge in [-0.05, 0) is 41.8 Å². The molecule has 1 aromatic carbocycles. The van der Waals surface area contributed by atoms with Gasteiger partial charge in [0.15, 0.2) is 5.17 Å². The van der Waals surface area contributed by atoms with Gasteiger partial charge in [-0.25, -0.2) is 0 Å². The van der Waals surface area contributed by atoms with Crippen LogP contribution in [0.15, 0.2) is 39.1 Å². The minimum absolute atomic E-state index is 0.00884. The number of amides is 1. The molecule has 0 N–H and O–H groups in total. The molecule has 18 heavy (non-hydrogen) atoms. The van der Waals surface area contributed by atoms with Crippen LogP contribution in [0.2, 0.25) is 0 Å².